The van der Waals surface area contributed by atoms with Gasteiger partial charge in [-0.25, -0.2) is 14.8 Å². The fraction of sp³-hybridized carbons (Fsp3) is 0.167. The van der Waals surface area contributed by atoms with E-state index >= 15 is 0 Å². The SMILES string of the molecule is N=C(CC(N)=NC(=O)n1ccc2cc(Oc3cc(CO)ncn3)ccc21)C(F)(F)F. The summed E-state index contributed by atoms with van der Waals surface area (Å²) in [6.45, 7) is -0.269. The number of benzene rings is 1. The van der Waals surface area contributed by atoms with Crippen LogP contribution >= 0.6 is 0 Å². The number of fused-ring (bicyclic) bond motifs is 1. The van der Waals surface area contributed by atoms with Crippen LogP contribution in [-0.4, -0.2) is 43.4 Å². The normalized spacial score (nSPS) is 12.2. The Labute approximate surface area is 167 Å². The second kappa shape index (κ2) is 8.29. The minimum absolute atomic E-state index is 0.216. The van der Waals surface area contributed by atoms with Crippen molar-refractivity contribution in [1.82, 2.24) is 14.5 Å². The molecular weight excluding hydrogens is 405 g/mol. The quantitative estimate of drug-likeness (QED) is 0.428. The zero-order valence-corrected chi connectivity index (χ0v) is 15.2. The lowest BCUT2D eigenvalue weighted by Gasteiger charge is -2.08. The second-order valence-electron chi connectivity index (χ2n) is 6.05. The molecule has 4 N–H and O–H groups in total. The summed E-state index contributed by atoms with van der Waals surface area (Å²) in [6.07, 6.45) is -3.19. The molecule has 2 aromatic heterocycles. The number of nitrogens with zero attached hydrogens (tertiary/aromatic N) is 4. The third-order valence-electron chi connectivity index (χ3n) is 3.89. The van der Waals surface area contributed by atoms with Gasteiger partial charge in [0.15, 0.2) is 0 Å². The van der Waals surface area contributed by atoms with Crippen LogP contribution in [0.4, 0.5) is 18.0 Å². The highest BCUT2D eigenvalue weighted by atomic mass is 19.4. The molecule has 0 spiro atoms. The number of aliphatic hydroxyl groups is 1. The van der Waals surface area contributed by atoms with Crippen molar-refractivity contribution in [3.8, 4) is 11.6 Å². The van der Waals surface area contributed by atoms with Crippen LogP contribution in [0.2, 0.25) is 0 Å². The molecule has 0 bridgehead atoms. The van der Waals surface area contributed by atoms with Crippen LogP contribution in [0.5, 0.6) is 11.6 Å². The average Bonchev–Trinajstić information content (AvgIpc) is 3.10. The molecule has 0 fully saturated rings. The molecule has 3 rings (SSSR count). The van der Waals surface area contributed by atoms with E-state index in [0.29, 0.717) is 22.3 Å². The number of amidine groups is 1. The topological polar surface area (TPSA) is 139 Å². The van der Waals surface area contributed by atoms with Gasteiger partial charge in [-0.1, -0.05) is 0 Å². The Kier molecular flexibility index (Phi) is 5.78. The Morgan fingerprint density at radius 3 is 2.73 bits per heavy atom. The summed E-state index contributed by atoms with van der Waals surface area (Å²) in [7, 11) is 0. The smallest absolute Gasteiger partial charge is 0.429 e. The van der Waals surface area contributed by atoms with E-state index < -0.39 is 30.2 Å². The number of alkyl halides is 3. The molecule has 12 heteroatoms. The fourth-order valence-electron chi connectivity index (χ4n) is 2.49. The average molecular weight is 420 g/mol. The number of carbonyl (C=O) groups is 1. The summed E-state index contributed by atoms with van der Waals surface area (Å²) in [4.78, 5) is 23.5. The largest absolute Gasteiger partial charge is 0.439 e. The number of aliphatic imine (C=N–C) groups is 1. The van der Waals surface area contributed by atoms with Crippen LogP contribution in [0.3, 0.4) is 0 Å². The first-order chi connectivity index (χ1) is 14.2. The molecule has 0 atom stereocenters. The van der Waals surface area contributed by atoms with E-state index in [1.807, 2.05) is 0 Å². The van der Waals surface area contributed by atoms with Crippen molar-refractivity contribution in [3.05, 3.63) is 48.5 Å². The minimum Gasteiger partial charge on any atom is -0.439 e. The van der Waals surface area contributed by atoms with E-state index in [4.69, 9.17) is 21.0 Å². The van der Waals surface area contributed by atoms with Gasteiger partial charge in [0.1, 0.15) is 23.6 Å². The number of rotatable bonds is 5. The van der Waals surface area contributed by atoms with Gasteiger partial charge in [-0.05, 0) is 24.3 Å². The molecule has 0 unspecified atom stereocenters. The van der Waals surface area contributed by atoms with E-state index in [-0.39, 0.29) is 12.5 Å². The standard InChI is InChI=1S/C18H15F3N6O3/c19-18(20,21)14(22)7-15(23)26-17(29)27-4-3-10-5-12(1-2-13(10)27)30-16-6-11(8-28)24-9-25-16/h1-6,9,22,28H,7-8H2,(H2,23,26,29). The Hall–Kier alpha value is -3.80. The second-order valence-corrected chi connectivity index (χ2v) is 6.05. The van der Waals surface area contributed by atoms with Crippen LogP contribution in [-0.2, 0) is 6.61 Å². The lowest BCUT2D eigenvalue weighted by atomic mass is 10.2. The van der Waals surface area contributed by atoms with Crippen molar-refractivity contribution in [1.29, 1.82) is 5.41 Å². The molecule has 9 nitrogen and oxygen atoms in total. The predicted molar refractivity (Wildman–Crippen MR) is 101 cm³/mol. The lowest BCUT2D eigenvalue weighted by Crippen LogP contribution is -2.28. The van der Waals surface area contributed by atoms with Crippen molar-refractivity contribution in [2.75, 3.05) is 0 Å². The number of hydrogen-bond donors (Lipinski definition) is 3. The Balaban J connectivity index is 1.79. The summed E-state index contributed by atoms with van der Waals surface area (Å²) < 4.78 is 43.9. The lowest BCUT2D eigenvalue weighted by molar-refractivity contribution is -0.0605. The van der Waals surface area contributed by atoms with Crippen LogP contribution in [0.1, 0.15) is 12.1 Å². The zero-order chi connectivity index (χ0) is 21.9. The molecule has 0 aliphatic heterocycles. The number of nitrogens with two attached hydrogens (primary N) is 1. The van der Waals surface area contributed by atoms with E-state index in [0.717, 1.165) is 4.57 Å². The number of ether oxygens (including phenoxy) is 1. The molecule has 0 saturated carbocycles. The highest BCUT2D eigenvalue weighted by Crippen LogP contribution is 2.26. The van der Waals surface area contributed by atoms with Crippen molar-refractivity contribution < 1.29 is 27.8 Å². The van der Waals surface area contributed by atoms with Gasteiger partial charge in [0.05, 0.1) is 24.2 Å². The van der Waals surface area contributed by atoms with Gasteiger partial charge >= 0.3 is 12.2 Å². The number of amides is 1. The third kappa shape index (κ3) is 4.78. The highest BCUT2D eigenvalue weighted by molar-refractivity contribution is 6.07. The molecule has 0 saturated heterocycles. The summed E-state index contributed by atoms with van der Waals surface area (Å²) in [5.74, 6) is -0.00194. The maximum absolute atomic E-state index is 12.4. The number of hydrogen-bond acceptors (Lipinski definition) is 6. The maximum Gasteiger partial charge on any atom is 0.429 e. The van der Waals surface area contributed by atoms with Gasteiger partial charge < -0.3 is 21.0 Å². The first-order valence-electron chi connectivity index (χ1n) is 8.40. The van der Waals surface area contributed by atoms with E-state index in [1.54, 1.807) is 24.3 Å². The fourth-order valence-corrected chi connectivity index (χ4v) is 2.49. The first-order valence-corrected chi connectivity index (χ1v) is 8.40. The first kappa shape index (κ1) is 20.9. The zero-order valence-electron chi connectivity index (χ0n) is 15.2. The maximum atomic E-state index is 12.4. The predicted octanol–water partition coefficient (Wildman–Crippen LogP) is 3.01. The molecule has 156 valence electrons. The number of carbonyl (C=O) groups excluding carboxylic acids is 1. The molecule has 30 heavy (non-hydrogen) atoms. The van der Waals surface area contributed by atoms with Crippen LogP contribution in [0.25, 0.3) is 10.9 Å². The summed E-state index contributed by atoms with van der Waals surface area (Å²) >= 11 is 0. The summed E-state index contributed by atoms with van der Waals surface area (Å²) in [6, 6.07) is 6.89. The molecule has 1 amide bonds. The van der Waals surface area contributed by atoms with E-state index in [1.165, 1.54) is 18.6 Å². The number of aliphatic hydroxyl groups excluding tert-OH is 1. The third-order valence-corrected chi connectivity index (χ3v) is 3.89. The van der Waals surface area contributed by atoms with Crippen molar-refractivity contribution in [3.63, 3.8) is 0 Å². The van der Waals surface area contributed by atoms with Gasteiger partial charge in [-0.3, -0.25) is 4.57 Å². The Morgan fingerprint density at radius 2 is 2.03 bits per heavy atom. The summed E-state index contributed by atoms with van der Waals surface area (Å²) in [5.41, 5.74) is 4.59. The van der Waals surface area contributed by atoms with Crippen molar-refractivity contribution in [2.45, 2.75) is 19.2 Å². The van der Waals surface area contributed by atoms with Crippen molar-refractivity contribution in [2.24, 2.45) is 10.7 Å². The summed E-state index contributed by atoms with van der Waals surface area (Å²) in [5, 5.41) is 16.6. The Morgan fingerprint density at radius 1 is 1.27 bits per heavy atom. The minimum atomic E-state index is -4.83. The molecule has 3 aromatic rings. The van der Waals surface area contributed by atoms with Crippen LogP contribution in [0, 0.1) is 5.41 Å². The molecule has 0 aliphatic rings. The molecule has 0 radical (unpaired) electrons. The molecule has 0 aliphatic carbocycles. The number of aromatic nitrogens is 3. The van der Waals surface area contributed by atoms with Gasteiger partial charge in [-0.2, -0.15) is 18.2 Å². The molecule has 2 heterocycles. The van der Waals surface area contributed by atoms with Gasteiger partial charge in [0.2, 0.25) is 5.88 Å². The molecule has 1 aromatic carbocycles. The van der Waals surface area contributed by atoms with Crippen molar-refractivity contribution >= 4 is 28.5 Å². The highest BCUT2D eigenvalue weighted by Gasteiger charge is 2.34. The number of halogens is 3. The van der Waals surface area contributed by atoms with E-state index in [2.05, 4.69) is 15.0 Å². The van der Waals surface area contributed by atoms with Gasteiger partial charge in [-0.15, -0.1) is 0 Å². The van der Waals surface area contributed by atoms with Crippen LogP contribution < -0.4 is 10.5 Å². The van der Waals surface area contributed by atoms with Crippen LogP contribution in [0.15, 0.2) is 47.8 Å². The van der Waals surface area contributed by atoms with Gasteiger partial charge in [0, 0.05) is 17.6 Å². The van der Waals surface area contributed by atoms with Gasteiger partial charge in [0.25, 0.3) is 0 Å². The number of nitrogens with one attached hydrogen (secondary N) is 1. The monoisotopic (exact) mass is 420 g/mol. The van der Waals surface area contributed by atoms with E-state index in [9.17, 15) is 18.0 Å². The molecular formula is C18H15F3N6O3. The Bertz CT molecular complexity index is 1140.